The maximum absolute atomic E-state index is 10.9. The van der Waals surface area contributed by atoms with Crippen LogP contribution in [0.25, 0.3) is 0 Å². The van der Waals surface area contributed by atoms with Crippen molar-refractivity contribution in [3.8, 4) is 0 Å². The first-order valence-electron chi connectivity index (χ1n) is 3.83. The molecule has 0 bridgehead atoms. The monoisotopic (exact) mass is 178 g/mol. The van der Waals surface area contributed by atoms with Gasteiger partial charge in [-0.2, -0.15) is 0 Å². The molecule has 4 nitrogen and oxygen atoms in total. The first-order chi connectivity index (χ1) is 5.14. The summed E-state index contributed by atoms with van der Waals surface area (Å²) in [5, 5.41) is 0. The molecular weight excluding hydrogens is 164 g/mol. The predicted molar refractivity (Wildman–Crippen MR) is 43.9 cm³/mol. The molecule has 0 amide bonds. The van der Waals surface area contributed by atoms with E-state index in [1.807, 2.05) is 6.92 Å². The lowest BCUT2D eigenvalue weighted by Crippen LogP contribution is -2.41. The van der Waals surface area contributed by atoms with Gasteiger partial charge in [0.2, 0.25) is 0 Å². The van der Waals surface area contributed by atoms with Crippen LogP contribution >= 0.6 is 0 Å². The molecule has 1 saturated heterocycles. The minimum Gasteiger partial charge on any atom is -0.258 e. The van der Waals surface area contributed by atoms with Crippen molar-refractivity contribution in [2.24, 2.45) is 0 Å². The summed E-state index contributed by atoms with van der Waals surface area (Å²) >= 11 is 0. The number of nitrogens with one attached hydrogen (secondary N) is 2. The van der Waals surface area contributed by atoms with E-state index >= 15 is 0 Å². The van der Waals surface area contributed by atoms with E-state index in [4.69, 9.17) is 0 Å². The zero-order valence-electron chi connectivity index (χ0n) is 6.63. The molecule has 0 aromatic heterocycles. The third kappa shape index (κ3) is 2.76. The Bertz CT molecular complexity index is 213. The zero-order valence-corrected chi connectivity index (χ0v) is 7.45. The molecule has 1 aliphatic heterocycles. The summed E-state index contributed by atoms with van der Waals surface area (Å²) in [6.45, 7) is 2.78. The summed E-state index contributed by atoms with van der Waals surface area (Å²) in [5.74, 6) is 0.607. The molecule has 0 aromatic carbocycles. The smallest absolute Gasteiger partial charge is 0.151 e. The van der Waals surface area contributed by atoms with Crippen molar-refractivity contribution in [3.05, 3.63) is 0 Å². The molecule has 2 N–H and O–H groups in total. The topological polar surface area (TPSA) is 58.2 Å². The van der Waals surface area contributed by atoms with Gasteiger partial charge in [-0.1, -0.05) is 6.92 Å². The van der Waals surface area contributed by atoms with Crippen molar-refractivity contribution >= 4 is 9.84 Å². The lowest BCUT2D eigenvalue weighted by atomic mass is 10.3. The van der Waals surface area contributed by atoms with E-state index in [1.54, 1.807) is 0 Å². The van der Waals surface area contributed by atoms with Crippen LogP contribution in [0.5, 0.6) is 0 Å². The lowest BCUT2D eigenvalue weighted by Gasteiger charge is -2.09. The van der Waals surface area contributed by atoms with Gasteiger partial charge in [0, 0.05) is 12.6 Å². The molecule has 1 fully saturated rings. The van der Waals surface area contributed by atoms with Crippen LogP contribution in [0.4, 0.5) is 0 Å². The van der Waals surface area contributed by atoms with Gasteiger partial charge in [0.15, 0.2) is 9.84 Å². The second-order valence-corrected chi connectivity index (χ2v) is 5.00. The minimum atomic E-state index is -2.73. The van der Waals surface area contributed by atoms with Crippen molar-refractivity contribution < 1.29 is 8.42 Å². The molecule has 0 aromatic rings. The van der Waals surface area contributed by atoms with Gasteiger partial charge in [0.1, 0.15) is 0 Å². The van der Waals surface area contributed by atoms with E-state index in [2.05, 4.69) is 10.9 Å². The van der Waals surface area contributed by atoms with E-state index in [9.17, 15) is 8.42 Å². The molecule has 5 heteroatoms. The van der Waals surface area contributed by atoms with Crippen LogP contribution in [-0.2, 0) is 9.84 Å². The molecule has 1 aliphatic rings. The van der Waals surface area contributed by atoms with Gasteiger partial charge in [-0.25, -0.2) is 8.42 Å². The fourth-order valence-corrected chi connectivity index (χ4v) is 2.83. The van der Waals surface area contributed by atoms with Crippen LogP contribution in [0.1, 0.15) is 13.3 Å². The SMILES string of the molecule is CCNNC1CCS(=O)(=O)C1. The Morgan fingerprint density at radius 3 is 2.73 bits per heavy atom. The first-order valence-corrected chi connectivity index (χ1v) is 5.65. The summed E-state index contributed by atoms with van der Waals surface area (Å²) in [6.07, 6.45) is 0.731. The molecule has 1 atom stereocenters. The van der Waals surface area contributed by atoms with E-state index in [1.165, 1.54) is 0 Å². The third-order valence-corrected chi connectivity index (χ3v) is 3.48. The Morgan fingerprint density at radius 2 is 2.27 bits per heavy atom. The van der Waals surface area contributed by atoms with Gasteiger partial charge < -0.3 is 0 Å². The predicted octanol–water partition coefficient (Wildman–Crippen LogP) is -0.712. The average Bonchev–Trinajstić information content (AvgIpc) is 2.26. The van der Waals surface area contributed by atoms with Crippen molar-refractivity contribution in [3.63, 3.8) is 0 Å². The molecule has 1 rings (SSSR count). The molecule has 0 aliphatic carbocycles. The Balaban J connectivity index is 2.31. The highest BCUT2D eigenvalue weighted by molar-refractivity contribution is 7.91. The van der Waals surface area contributed by atoms with Gasteiger partial charge in [0.05, 0.1) is 11.5 Å². The zero-order chi connectivity index (χ0) is 8.32. The summed E-state index contributed by atoms with van der Waals surface area (Å²) in [7, 11) is -2.73. The second kappa shape index (κ2) is 3.51. The van der Waals surface area contributed by atoms with Crippen molar-refractivity contribution in [1.82, 2.24) is 10.9 Å². The normalized spacial score (nSPS) is 29.0. The quantitative estimate of drug-likeness (QED) is 0.560. The van der Waals surface area contributed by atoms with Crippen molar-refractivity contribution in [2.45, 2.75) is 19.4 Å². The fourth-order valence-electron chi connectivity index (χ4n) is 1.16. The first kappa shape index (κ1) is 8.96. The van der Waals surface area contributed by atoms with E-state index in [-0.39, 0.29) is 11.8 Å². The maximum atomic E-state index is 10.9. The van der Waals surface area contributed by atoms with Gasteiger partial charge >= 0.3 is 0 Å². The highest BCUT2D eigenvalue weighted by Gasteiger charge is 2.26. The highest BCUT2D eigenvalue weighted by atomic mass is 32.2. The van der Waals surface area contributed by atoms with Crippen LogP contribution in [0.15, 0.2) is 0 Å². The van der Waals surface area contributed by atoms with Gasteiger partial charge in [-0.15, -0.1) is 0 Å². The van der Waals surface area contributed by atoms with Gasteiger partial charge in [0.25, 0.3) is 0 Å². The molecule has 0 spiro atoms. The summed E-state index contributed by atoms with van der Waals surface area (Å²) in [6, 6.07) is 0.111. The number of hydrazine groups is 1. The molecule has 1 unspecified atom stereocenters. The number of hydrogen-bond donors (Lipinski definition) is 2. The number of rotatable bonds is 3. The Labute approximate surface area is 67.3 Å². The maximum Gasteiger partial charge on any atom is 0.151 e. The van der Waals surface area contributed by atoms with Crippen LogP contribution in [0, 0.1) is 0 Å². The molecular formula is C6H14N2O2S. The molecule has 1 heterocycles. The average molecular weight is 178 g/mol. The molecule has 0 radical (unpaired) electrons. The molecule has 0 saturated carbocycles. The minimum absolute atomic E-state index is 0.111. The Kier molecular flexibility index (Phi) is 2.86. The second-order valence-electron chi connectivity index (χ2n) is 2.77. The van der Waals surface area contributed by atoms with Crippen LogP contribution < -0.4 is 10.9 Å². The molecule has 11 heavy (non-hydrogen) atoms. The third-order valence-electron chi connectivity index (χ3n) is 1.72. The number of hydrogen-bond acceptors (Lipinski definition) is 4. The fraction of sp³-hybridized carbons (Fsp3) is 1.00. The van der Waals surface area contributed by atoms with E-state index < -0.39 is 9.84 Å². The highest BCUT2D eigenvalue weighted by Crippen LogP contribution is 2.09. The summed E-state index contributed by atoms with van der Waals surface area (Å²) < 4.78 is 21.9. The Morgan fingerprint density at radius 1 is 1.55 bits per heavy atom. The number of sulfone groups is 1. The van der Waals surface area contributed by atoms with Gasteiger partial charge in [-0.3, -0.25) is 10.9 Å². The van der Waals surface area contributed by atoms with E-state index in [0.29, 0.717) is 5.75 Å². The lowest BCUT2D eigenvalue weighted by molar-refractivity contribution is 0.467. The largest absolute Gasteiger partial charge is 0.258 e. The summed E-state index contributed by atoms with van der Waals surface area (Å²) in [4.78, 5) is 0. The van der Waals surface area contributed by atoms with Crippen molar-refractivity contribution in [1.29, 1.82) is 0 Å². The molecule has 66 valence electrons. The van der Waals surface area contributed by atoms with Gasteiger partial charge in [-0.05, 0) is 6.42 Å². The van der Waals surface area contributed by atoms with E-state index in [0.717, 1.165) is 13.0 Å². The Hall–Kier alpha value is -0.130. The van der Waals surface area contributed by atoms with Crippen LogP contribution in [0.2, 0.25) is 0 Å². The van der Waals surface area contributed by atoms with Crippen LogP contribution in [0.3, 0.4) is 0 Å². The standard InChI is InChI=1S/C6H14N2O2S/c1-2-7-8-6-3-4-11(9,10)5-6/h6-8H,2-5H2,1H3. The van der Waals surface area contributed by atoms with Crippen LogP contribution in [-0.4, -0.2) is 32.5 Å². The van der Waals surface area contributed by atoms with Crippen molar-refractivity contribution in [2.75, 3.05) is 18.1 Å². The summed E-state index contributed by atoms with van der Waals surface area (Å²) in [5.41, 5.74) is 5.87.